The van der Waals surface area contributed by atoms with Crippen LogP contribution in [0.4, 0.5) is 0 Å². The maximum Gasteiger partial charge on any atom is 0.336 e. The molecule has 0 aliphatic heterocycles. The molecule has 176 valence electrons. The van der Waals surface area contributed by atoms with Crippen molar-refractivity contribution in [2.45, 2.75) is 64.3 Å². The van der Waals surface area contributed by atoms with Gasteiger partial charge in [0.15, 0.2) is 0 Å². The minimum atomic E-state index is -3.91. The number of esters is 1. The minimum Gasteiger partial charge on any atom is -0.425 e. The summed E-state index contributed by atoms with van der Waals surface area (Å²) in [5, 5.41) is 0.554. The molecule has 3 rings (SSSR count). The van der Waals surface area contributed by atoms with E-state index in [9.17, 15) is 18.0 Å². The quantitative estimate of drug-likeness (QED) is 0.282. The van der Waals surface area contributed by atoms with Gasteiger partial charge in [0, 0.05) is 6.07 Å². The van der Waals surface area contributed by atoms with Crippen LogP contribution in [0, 0.1) is 13.8 Å². The highest BCUT2D eigenvalue weighted by Gasteiger charge is 2.27. The maximum atomic E-state index is 13.0. The predicted octanol–water partition coefficient (Wildman–Crippen LogP) is 4.41. The fourth-order valence-electron chi connectivity index (χ4n) is 3.57. The van der Waals surface area contributed by atoms with E-state index >= 15 is 0 Å². The lowest BCUT2D eigenvalue weighted by molar-refractivity contribution is -0.136. The van der Waals surface area contributed by atoms with Gasteiger partial charge in [-0.25, -0.2) is 18.0 Å². The Morgan fingerprint density at radius 2 is 1.76 bits per heavy atom. The highest BCUT2D eigenvalue weighted by molar-refractivity contribution is 7.89. The molecule has 7 nitrogen and oxygen atoms in total. The van der Waals surface area contributed by atoms with Crippen LogP contribution in [-0.2, 0) is 21.2 Å². The third kappa shape index (κ3) is 5.89. The van der Waals surface area contributed by atoms with Gasteiger partial charge in [0.05, 0.1) is 10.3 Å². The van der Waals surface area contributed by atoms with Gasteiger partial charge in [-0.15, -0.1) is 0 Å². The maximum absolute atomic E-state index is 13.0. The normalized spacial score (nSPS) is 12.6. The molecule has 1 unspecified atom stereocenters. The summed E-state index contributed by atoms with van der Waals surface area (Å²) in [7, 11) is -3.91. The van der Waals surface area contributed by atoms with Crippen molar-refractivity contribution < 1.29 is 22.4 Å². The van der Waals surface area contributed by atoms with E-state index in [4.69, 9.17) is 9.15 Å². The van der Waals surface area contributed by atoms with E-state index < -0.39 is 27.7 Å². The number of hydrogen-bond donors (Lipinski definition) is 1. The van der Waals surface area contributed by atoms with Crippen LogP contribution in [0.1, 0.15) is 49.8 Å². The smallest absolute Gasteiger partial charge is 0.336 e. The van der Waals surface area contributed by atoms with Crippen LogP contribution in [0.2, 0.25) is 0 Å². The SMILES string of the molecule is CCCCc1cc(=O)oc2cc(C)cc(OC(=O)C(CC)NS(=O)(=O)c3ccc(C)cc3)c12. The van der Waals surface area contributed by atoms with Gasteiger partial charge in [-0.3, -0.25) is 0 Å². The van der Waals surface area contributed by atoms with Crippen molar-refractivity contribution in [1.82, 2.24) is 4.72 Å². The first-order chi connectivity index (χ1) is 15.6. The number of ether oxygens (including phenoxy) is 1. The average Bonchev–Trinajstić information content (AvgIpc) is 2.75. The van der Waals surface area contributed by atoms with Crippen molar-refractivity contribution in [2.75, 3.05) is 0 Å². The molecule has 0 amide bonds. The average molecular weight is 472 g/mol. The van der Waals surface area contributed by atoms with Gasteiger partial charge in [-0.1, -0.05) is 38.0 Å². The number of unbranched alkanes of at least 4 members (excludes halogenated alkanes) is 1. The molecule has 33 heavy (non-hydrogen) atoms. The van der Waals surface area contributed by atoms with Crippen molar-refractivity contribution >= 4 is 27.0 Å². The molecule has 0 saturated carbocycles. The lowest BCUT2D eigenvalue weighted by Gasteiger charge is -2.18. The van der Waals surface area contributed by atoms with Crippen LogP contribution >= 0.6 is 0 Å². The molecule has 0 bridgehead atoms. The molecule has 0 aliphatic carbocycles. The summed E-state index contributed by atoms with van der Waals surface area (Å²) in [6.45, 7) is 7.40. The molecule has 0 aliphatic rings. The van der Waals surface area contributed by atoms with Crippen molar-refractivity contribution in [3.05, 3.63) is 69.6 Å². The zero-order valence-corrected chi connectivity index (χ0v) is 20.1. The number of carbonyl (C=O) groups is 1. The molecule has 3 aromatic rings. The van der Waals surface area contributed by atoms with Crippen LogP contribution in [0.5, 0.6) is 5.75 Å². The number of aryl methyl sites for hydroxylation is 3. The monoisotopic (exact) mass is 471 g/mol. The zero-order chi connectivity index (χ0) is 24.2. The first-order valence-corrected chi connectivity index (χ1v) is 12.5. The highest BCUT2D eigenvalue weighted by atomic mass is 32.2. The number of rotatable bonds is 9. The summed E-state index contributed by atoms with van der Waals surface area (Å²) < 4.78 is 39.1. The van der Waals surface area contributed by atoms with Crippen LogP contribution in [0.3, 0.4) is 0 Å². The summed E-state index contributed by atoms with van der Waals surface area (Å²) in [4.78, 5) is 25.1. The number of hydrogen-bond acceptors (Lipinski definition) is 6. The minimum absolute atomic E-state index is 0.0731. The van der Waals surface area contributed by atoms with E-state index in [1.807, 2.05) is 13.8 Å². The molecule has 0 spiro atoms. The molecule has 1 atom stereocenters. The highest BCUT2D eigenvalue weighted by Crippen LogP contribution is 2.31. The Hall–Kier alpha value is -2.97. The summed E-state index contributed by atoms with van der Waals surface area (Å²) in [5.41, 5.74) is 2.28. The molecule has 0 radical (unpaired) electrons. The Bertz CT molecular complexity index is 1310. The fraction of sp³-hybridized carbons (Fsp3) is 0.360. The largest absolute Gasteiger partial charge is 0.425 e. The zero-order valence-electron chi connectivity index (χ0n) is 19.3. The first-order valence-electron chi connectivity index (χ1n) is 11.0. The van der Waals surface area contributed by atoms with Crippen molar-refractivity contribution in [2.24, 2.45) is 0 Å². The van der Waals surface area contributed by atoms with E-state index in [1.54, 1.807) is 38.1 Å². The predicted molar refractivity (Wildman–Crippen MR) is 127 cm³/mol. The van der Waals surface area contributed by atoms with Gasteiger partial charge in [-0.2, -0.15) is 4.72 Å². The van der Waals surface area contributed by atoms with Gasteiger partial charge < -0.3 is 9.15 Å². The van der Waals surface area contributed by atoms with Crippen LogP contribution in [0.25, 0.3) is 11.0 Å². The van der Waals surface area contributed by atoms with Gasteiger partial charge in [0.25, 0.3) is 0 Å². The standard InChI is InChI=1S/C25H29NO6S/c1-5-7-8-18-15-23(27)31-21-13-17(4)14-22(24(18)21)32-25(28)20(6-2)26-33(29,30)19-11-9-16(3)10-12-19/h9-15,20,26H,5-8H2,1-4H3. The number of nitrogens with one attached hydrogen (secondary N) is 1. The second kappa shape index (κ2) is 10.3. The Kier molecular flexibility index (Phi) is 7.71. The van der Waals surface area contributed by atoms with Gasteiger partial charge >= 0.3 is 11.6 Å². The molecule has 0 saturated heterocycles. The Morgan fingerprint density at radius 3 is 2.39 bits per heavy atom. The van der Waals surface area contributed by atoms with E-state index in [-0.39, 0.29) is 17.1 Å². The summed E-state index contributed by atoms with van der Waals surface area (Å²) in [6.07, 6.45) is 2.62. The van der Waals surface area contributed by atoms with Gasteiger partial charge in [0.2, 0.25) is 10.0 Å². The van der Waals surface area contributed by atoms with E-state index in [1.165, 1.54) is 18.2 Å². The Balaban J connectivity index is 1.94. The van der Waals surface area contributed by atoms with E-state index in [0.717, 1.165) is 29.5 Å². The fourth-order valence-corrected chi connectivity index (χ4v) is 4.83. The van der Waals surface area contributed by atoms with Crippen molar-refractivity contribution in [3.8, 4) is 5.75 Å². The second-order valence-electron chi connectivity index (χ2n) is 8.15. The number of benzene rings is 2. The molecule has 1 aromatic heterocycles. The second-order valence-corrected chi connectivity index (χ2v) is 9.86. The lowest BCUT2D eigenvalue weighted by atomic mass is 10.0. The summed E-state index contributed by atoms with van der Waals surface area (Å²) in [6, 6.07) is 10.1. The van der Waals surface area contributed by atoms with Gasteiger partial charge in [-0.05, 0) is 68.5 Å². The molecule has 1 heterocycles. The topological polar surface area (TPSA) is 103 Å². The lowest BCUT2D eigenvalue weighted by Crippen LogP contribution is -2.42. The first kappa shape index (κ1) is 24.7. The molecule has 8 heteroatoms. The summed E-state index contributed by atoms with van der Waals surface area (Å²) in [5.74, 6) is -0.481. The molecule has 1 N–H and O–H groups in total. The van der Waals surface area contributed by atoms with E-state index in [0.29, 0.717) is 17.4 Å². The molecule has 0 fully saturated rings. The third-order valence-electron chi connectivity index (χ3n) is 5.37. The van der Waals surface area contributed by atoms with Crippen LogP contribution < -0.4 is 15.1 Å². The van der Waals surface area contributed by atoms with E-state index in [2.05, 4.69) is 4.72 Å². The van der Waals surface area contributed by atoms with Gasteiger partial charge in [0.1, 0.15) is 17.4 Å². The molecule has 2 aromatic carbocycles. The molecular formula is C25H29NO6S. The summed E-state index contributed by atoms with van der Waals surface area (Å²) >= 11 is 0. The number of fused-ring (bicyclic) bond motifs is 1. The van der Waals surface area contributed by atoms with Crippen LogP contribution in [0.15, 0.2) is 56.6 Å². The number of carbonyl (C=O) groups excluding carboxylic acids is 1. The number of sulfonamides is 1. The third-order valence-corrected chi connectivity index (χ3v) is 6.85. The van der Waals surface area contributed by atoms with Crippen molar-refractivity contribution in [3.63, 3.8) is 0 Å². The Labute approximate surface area is 193 Å². The Morgan fingerprint density at radius 1 is 1.06 bits per heavy atom. The van der Waals surface area contributed by atoms with Crippen molar-refractivity contribution in [1.29, 1.82) is 0 Å². The van der Waals surface area contributed by atoms with Crippen LogP contribution in [-0.4, -0.2) is 20.4 Å². The molecular weight excluding hydrogens is 442 g/mol.